The lowest BCUT2D eigenvalue weighted by molar-refractivity contribution is -0.145. The number of aliphatic carboxylic acids is 1. The standard InChI is InChI=1S/C16H22O3/c1-3-16(15(17)18,13-7-5-4-6-8-13)11-14-10-9-12(2)19-14/h4-8,12,14H,3,9-11H2,1-2H3,(H,17,18). The molecule has 1 aromatic rings. The van der Waals surface area contributed by atoms with Gasteiger partial charge in [0.15, 0.2) is 0 Å². The number of carboxylic acid groups (broad SMARTS) is 1. The summed E-state index contributed by atoms with van der Waals surface area (Å²) in [6, 6.07) is 9.55. The van der Waals surface area contributed by atoms with E-state index in [1.807, 2.05) is 37.3 Å². The topological polar surface area (TPSA) is 46.5 Å². The van der Waals surface area contributed by atoms with Crippen molar-refractivity contribution in [2.45, 2.75) is 57.2 Å². The second kappa shape index (κ2) is 5.74. The molecule has 1 saturated heterocycles. The normalized spacial score (nSPS) is 26.0. The monoisotopic (exact) mass is 262 g/mol. The molecule has 1 N–H and O–H groups in total. The van der Waals surface area contributed by atoms with E-state index in [1.54, 1.807) is 0 Å². The van der Waals surface area contributed by atoms with Crippen LogP contribution in [0.2, 0.25) is 0 Å². The third-order valence-electron chi connectivity index (χ3n) is 4.24. The van der Waals surface area contributed by atoms with Crippen LogP contribution in [-0.2, 0) is 14.9 Å². The molecule has 1 aliphatic heterocycles. The Morgan fingerprint density at radius 2 is 2.05 bits per heavy atom. The number of carboxylic acids is 1. The molecule has 104 valence electrons. The highest BCUT2D eigenvalue weighted by atomic mass is 16.5. The number of ether oxygens (including phenoxy) is 1. The molecule has 0 aliphatic carbocycles. The highest BCUT2D eigenvalue weighted by Gasteiger charge is 2.42. The molecule has 0 radical (unpaired) electrons. The van der Waals surface area contributed by atoms with Crippen LogP contribution in [0.1, 0.15) is 45.1 Å². The molecule has 0 amide bonds. The number of carbonyl (C=O) groups is 1. The molecule has 1 aromatic carbocycles. The summed E-state index contributed by atoms with van der Waals surface area (Å²) in [4.78, 5) is 11.9. The zero-order valence-electron chi connectivity index (χ0n) is 11.6. The molecule has 1 fully saturated rings. The lowest BCUT2D eigenvalue weighted by Gasteiger charge is -2.31. The Hall–Kier alpha value is -1.35. The summed E-state index contributed by atoms with van der Waals surface area (Å²) in [6.07, 6.45) is 3.45. The first-order valence-corrected chi connectivity index (χ1v) is 7.03. The van der Waals surface area contributed by atoms with Crippen LogP contribution in [0.25, 0.3) is 0 Å². The Balaban J connectivity index is 2.27. The van der Waals surface area contributed by atoms with Crippen molar-refractivity contribution in [3.8, 4) is 0 Å². The fraction of sp³-hybridized carbons (Fsp3) is 0.562. The number of benzene rings is 1. The van der Waals surface area contributed by atoms with E-state index in [1.165, 1.54) is 0 Å². The minimum atomic E-state index is -0.823. The molecule has 0 saturated carbocycles. The molecule has 2 rings (SSSR count). The molecule has 0 spiro atoms. The fourth-order valence-corrected chi connectivity index (χ4v) is 3.01. The highest BCUT2D eigenvalue weighted by molar-refractivity contribution is 5.81. The van der Waals surface area contributed by atoms with Gasteiger partial charge in [0.1, 0.15) is 0 Å². The number of hydrogen-bond acceptors (Lipinski definition) is 2. The lowest BCUT2D eigenvalue weighted by atomic mass is 9.73. The van der Waals surface area contributed by atoms with Gasteiger partial charge < -0.3 is 9.84 Å². The minimum Gasteiger partial charge on any atom is -0.481 e. The summed E-state index contributed by atoms with van der Waals surface area (Å²) < 4.78 is 5.83. The predicted molar refractivity (Wildman–Crippen MR) is 74.2 cm³/mol. The van der Waals surface area contributed by atoms with Crippen molar-refractivity contribution in [3.05, 3.63) is 35.9 Å². The fourth-order valence-electron chi connectivity index (χ4n) is 3.01. The molecule has 1 heterocycles. The van der Waals surface area contributed by atoms with Crippen LogP contribution in [0.15, 0.2) is 30.3 Å². The van der Waals surface area contributed by atoms with Crippen LogP contribution in [0, 0.1) is 0 Å². The smallest absolute Gasteiger partial charge is 0.314 e. The first kappa shape index (κ1) is 14.1. The van der Waals surface area contributed by atoms with Gasteiger partial charge in [0.25, 0.3) is 0 Å². The predicted octanol–water partition coefficient (Wildman–Crippen LogP) is 3.38. The molecule has 1 aliphatic rings. The summed E-state index contributed by atoms with van der Waals surface area (Å²) in [5, 5.41) is 9.75. The van der Waals surface area contributed by atoms with Crippen LogP contribution in [0.3, 0.4) is 0 Å². The first-order chi connectivity index (χ1) is 9.08. The van der Waals surface area contributed by atoms with Crippen LogP contribution >= 0.6 is 0 Å². The summed E-state index contributed by atoms with van der Waals surface area (Å²) in [5.41, 5.74) is 0.0591. The van der Waals surface area contributed by atoms with Crippen LogP contribution in [0.4, 0.5) is 0 Å². The Labute approximate surface area is 114 Å². The van der Waals surface area contributed by atoms with Gasteiger partial charge in [0.05, 0.1) is 17.6 Å². The zero-order chi connectivity index (χ0) is 13.9. The summed E-state index contributed by atoms with van der Waals surface area (Å²) in [6.45, 7) is 4.00. The van der Waals surface area contributed by atoms with Crippen molar-refractivity contribution in [1.29, 1.82) is 0 Å². The van der Waals surface area contributed by atoms with Gasteiger partial charge in [0, 0.05) is 0 Å². The van der Waals surface area contributed by atoms with E-state index in [4.69, 9.17) is 4.74 Å². The number of rotatable bonds is 5. The van der Waals surface area contributed by atoms with E-state index in [9.17, 15) is 9.90 Å². The maximum atomic E-state index is 11.9. The van der Waals surface area contributed by atoms with Gasteiger partial charge in [-0.25, -0.2) is 0 Å². The van der Waals surface area contributed by atoms with E-state index in [0.29, 0.717) is 12.8 Å². The van der Waals surface area contributed by atoms with E-state index in [0.717, 1.165) is 18.4 Å². The van der Waals surface area contributed by atoms with E-state index in [-0.39, 0.29) is 12.2 Å². The maximum Gasteiger partial charge on any atom is 0.314 e. The molecule has 19 heavy (non-hydrogen) atoms. The quantitative estimate of drug-likeness (QED) is 0.885. The molecule has 3 nitrogen and oxygen atoms in total. The van der Waals surface area contributed by atoms with Crippen molar-refractivity contribution in [2.24, 2.45) is 0 Å². The first-order valence-electron chi connectivity index (χ1n) is 7.03. The molecular weight excluding hydrogens is 240 g/mol. The van der Waals surface area contributed by atoms with Crippen molar-refractivity contribution in [1.82, 2.24) is 0 Å². The second-order valence-electron chi connectivity index (χ2n) is 5.46. The Morgan fingerprint density at radius 1 is 1.37 bits per heavy atom. The second-order valence-corrected chi connectivity index (χ2v) is 5.46. The van der Waals surface area contributed by atoms with Gasteiger partial charge >= 0.3 is 5.97 Å². The summed E-state index contributed by atoms with van der Waals surface area (Å²) in [5.74, 6) is -0.746. The van der Waals surface area contributed by atoms with Gasteiger partial charge in [-0.05, 0) is 38.2 Å². The SMILES string of the molecule is CCC(CC1CCC(C)O1)(C(=O)O)c1ccccc1. The van der Waals surface area contributed by atoms with Gasteiger partial charge in [-0.1, -0.05) is 37.3 Å². The van der Waals surface area contributed by atoms with Crippen molar-refractivity contribution >= 4 is 5.97 Å². The van der Waals surface area contributed by atoms with E-state index < -0.39 is 11.4 Å². The third kappa shape index (κ3) is 2.81. The summed E-state index contributed by atoms with van der Waals surface area (Å²) in [7, 11) is 0. The number of hydrogen-bond donors (Lipinski definition) is 1. The molecule has 3 atom stereocenters. The molecule has 3 unspecified atom stereocenters. The van der Waals surface area contributed by atoms with Crippen LogP contribution < -0.4 is 0 Å². The largest absolute Gasteiger partial charge is 0.481 e. The van der Waals surface area contributed by atoms with E-state index in [2.05, 4.69) is 6.92 Å². The van der Waals surface area contributed by atoms with Gasteiger partial charge in [-0.3, -0.25) is 4.79 Å². The van der Waals surface area contributed by atoms with Crippen LogP contribution in [-0.4, -0.2) is 23.3 Å². The lowest BCUT2D eigenvalue weighted by Crippen LogP contribution is -2.38. The molecule has 0 aromatic heterocycles. The highest BCUT2D eigenvalue weighted by Crippen LogP contribution is 2.37. The average Bonchev–Trinajstić information content (AvgIpc) is 2.82. The van der Waals surface area contributed by atoms with Crippen molar-refractivity contribution in [2.75, 3.05) is 0 Å². The Kier molecular flexibility index (Phi) is 4.25. The third-order valence-corrected chi connectivity index (χ3v) is 4.24. The maximum absolute atomic E-state index is 11.9. The minimum absolute atomic E-state index is 0.0613. The van der Waals surface area contributed by atoms with Gasteiger partial charge in [-0.15, -0.1) is 0 Å². The van der Waals surface area contributed by atoms with Crippen molar-refractivity contribution in [3.63, 3.8) is 0 Å². The average molecular weight is 262 g/mol. The molecule has 0 bridgehead atoms. The summed E-state index contributed by atoms with van der Waals surface area (Å²) >= 11 is 0. The van der Waals surface area contributed by atoms with Gasteiger partial charge in [0.2, 0.25) is 0 Å². The van der Waals surface area contributed by atoms with Gasteiger partial charge in [-0.2, -0.15) is 0 Å². The zero-order valence-corrected chi connectivity index (χ0v) is 11.6. The Morgan fingerprint density at radius 3 is 2.53 bits per heavy atom. The molecule has 3 heteroatoms. The van der Waals surface area contributed by atoms with Crippen LogP contribution in [0.5, 0.6) is 0 Å². The Bertz CT molecular complexity index is 429. The van der Waals surface area contributed by atoms with Crippen molar-refractivity contribution < 1.29 is 14.6 Å². The van der Waals surface area contributed by atoms with E-state index >= 15 is 0 Å². The molecular formula is C16H22O3.